The number of allylic oxidation sites excluding steroid dienone is 4. The Kier molecular flexibility index (Phi) is 7.65. The zero-order valence-corrected chi connectivity index (χ0v) is 12.7. The average Bonchev–Trinajstić information content (AvgIpc) is 2.14. The van der Waals surface area contributed by atoms with Gasteiger partial charge in [-0.3, -0.25) is 4.79 Å². The van der Waals surface area contributed by atoms with Gasteiger partial charge in [0, 0.05) is 6.92 Å². The quantitative estimate of drug-likeness (QED) is 0.668. The number of hydrogen-bond acceptors (Lipinski definition) is 2. The van der Waals surface area contributed by atoms with Gasteiger partial charge in [0.1, 0.15) is 5.60 Å². The zero-order chi connectivity index (χ0) is 14.2. The molecule has 0 aromatic heterocycles. The van der Waals surface area contributed by atoms with Gasteiger partial charge in [-0.1, -0.05) is 37.6 Å². The highest BCUT2D eigenvalue weighted by atomic mass is 16.6. The first-order valence-electron chi connectivity index (χ1n) is 6.76. The number of carbonyl (C=O) groups is 1. The Morgan fingerprint density at radius 3 is 2.22 bits per heavy atom. The van der Waals surface area contributed by atoms with Crippen molar-refractivity contribution in [1.82, 2.24) is 0 Å². The third-order valence-electron chi connectivity index (χ3n) is 2.17. The smallest absolute Gasteiger partial charge is 0.303 e. The lowest BCUT2D eigenvalue weighted by Gasteiger charge is -2.17. The maximum Gasteiger partial charge on any atom is 0.303 e. The van der Waals surface area contributed by atoms with Gasteiger partial charge in [0.25, 0.3) is 0 Å². The highest BCUT2D eigenvalue weighted by Gasteiger charge is 2.11. The lowest BCUT2D eigenvalue weighted by Crippen LogP contribution is -2.21. The Labute approximate surface area is 112 Å². The summed E-state index contributed by atoms with van der Waals surface area (Å²) in [7, 11) is 0. The van der Waals surface area contributed by atoms with E-state index in [1.165, 1.54) is 31.8 Å². The lowest BCUT2D eigenvalue weighted by molar-refractivity contribution is -0.151. The Bertz CT molecular complexity index is 304. The molecule has 0 spiro atoms. The van der Waals surface area contributed by atoms with Gasteiger partial charge < -0.3 is 4.74 Å². The normalized spacial score (nSPS) is 14.7. The second-order valence-electron chi connectivity index (χ2n) is 6.06. The SMILES string of the molecule is CC(=O)OC(C)(C)C.CC(C)CC1=CCCC=C1. The van der Waals surface area contributed by atoms with Gasteiger partial charge in [0.15, 0.2) is 0 Å². The molecule has 0 atom stereocenters. The van der Waals surface area contributed by atoms with Crippen LogP contribution in [0.1, 0.15) is 60.8 Å². The Morgan fingerprint density at radius 2 is 1.94 bits per heavy atom. The van der Waals surface area contributed by atoms with E-state index in [9.17, 15) is 4.79 Å². The molecule has 0 fully saturated rings. The lowest BCUT2D eigenvalue weighted by atomic mass is 9.98. The van der Waals surface area contributed by atoms with Crippen LogP contribution >= 0.6 is 0 Å². The molecule has 1 aliphatic carbocycles. The minimum atomic E-state index is -0.328. The van der Waals surface area contributed by atoms with Gasteiger partial charge >= 0.3 is 5.97 Å². The summed E-state index contributed by atoms with van der Waals surface area (Å²) in [4.78, 5) is 10.2. The molecular formula is C16H28O2. The molecule has 0 aromatic carbocycles. The molecule has 1 rings (SSSR count). The molecular weight excluding hydrogens is 224 g/mol. The Morgan fingerprint density at radius 1 is 1.33 bits per heavy atom. The first-order valence-corrected chi connectivity index (χ1v) is 6.76. The molecule has 0 aromatic rings. The maximum absolute atomic E-state index is 10.2. The summed E-state index contributed by atoms with van der Waals surface area (Å²) in [5.41, 5.74) is 1.20. The highest BCUT2D eigenvalue weighted by molar-refractivity contribution is 5.66. The summed E-state index contributed by atoms with van der Waals surface area (Å²) < 4.78 is 4.80. The largest absolute Gasteiger partial charge is 0.460 e. The summed E-state index contributed by atoms with van der Waals surface area (Å²) in [6, 6.07) is 0. The number of hydrogen-bond donors (Lipinski definition) is 0. The Hall–Kier alpha value is -1.05. The van der Waals surface area contributed by atoms with Crippen LogP contribution in [-0.4, -0.2) is 11.6 Å². The van der Waals surface area contributed by atoms with Crippen molar-refractivity contribution in [2.75, 3.05) is 0 Å². The van der Waals surface area contributed by atoms with Crippen molar-refractivity contribution in [2.24, 2.45) is 5.92 Å². The van der Waals surface area contributed by atoms with Crippen LogP contribution in [-0.2, 0) is 9.53 Å². The van der Waals surface area contributed by atoms with E-state index in [0.29, 0.717) is 0 Å². The zero-order valence-electron chi connectivity index (χ0n) is 12.7. The maximum atomic E-state index is 10.2. The van der Waals surface area contributed by atoms with Crippen molar-refractivity contribution in [1.29, 1.82) is 0 Å². The molecule has 0 saturated carbocycles. The van der Waals surface area contributed by atoms with Gasteiger partial charge in [-0.15, -0.1) is 0 Å². The van der Waals surface area contributed by atoms with Crippen molar-refractivity contribution in [2.45, 2.75) is 66.4 Å². The van der Waals surface area contributed by atoms with Gasteiger partial charge in [0.2, 0.25) is 0 Å². The van der Waals surface area contributed by atoms with Gasteiger partial charge in [0.05, 0.1) is 0 Å². The van der Waals surface area contributed by atoms with Crippen molar-refractivity contribution in [3.63, 3.8) is 0 Å². The van der Waals surface area contributed by atoms with E-state index in [1.807, 2.05) is 20.8 Å². The fourth-order valence-corrected chi connectivity index (χ4v) is 1.72. The van der Waals surface area contributed by atoms with Crippen LogP contribution in [0.5, 0.6) is 0 Å². The topological polar surface area (TPSA) is 26.3 Å². The van der Waals surface area contributed by atoms with Crippen LogP contribution in [0.25, 0.3) is 0 Å². The van der Waals surface area contributed by atoms with Crippen molar-refractivity contribution in [3.8, 4) is 0 Å². The van der Waals surface area contributed by atoms with Crippen LogP contribution < -0.4 is 0 Å². The van der Waals surface area contributed by atoms with Crippen LogP contribution in [0.3, 0.4) is 0 Å². The van der Waals surface area contributed by atoms with E-state index >= 15 is 0 Å². The predicted molar refractivity (Wildman–Crippen MR) is 77.4 cm³/mol. The molecule has 0 bridgehead atoms. The second-order valence-corrected chi connectivity index (χ2v) is 6.06. The van der Waals surface area contributed by atoms with Gasteiger partial charge in [-0.25, -0.2) is 0 Å². The van der Waals surface area contributed by atoms with Crippen molar-refractivity contribution >= 4 is 5.97 Å². The highest BCUT2D eigenvalue weighted by Crippen LogP contribution is 2.17. The molecule has 0 aliphatic heterocycles. The minimum absolute atomic E-state index is 0.225. The Balaban J connectivity index is 0.000000331. The number of ether oxygens (including phenoxy) is 1. The minimum Gasteiger partial charge on any atom is -0.460 e. The number of carbonyl (C=O) groups excluding carboxylic acids is 1. The molecule has 0 saturated heterocycles. The standard InChI is InChI=1S/C10H16.C6H12O2/c1-9(2)8-10-6-4-3-5-7-10;1-5(7)8-6(2,3)4/h4,6-7,9H,3,5,8H2,1-2H3;1-4H3. The van der Waals surface area contributed by atoms with Crippen molar-refractivity contribution in [3.05, 3.63) is 23.8 Å². The fourth-order valence-electron chi connectivity index (χ4n) is 1.72. The van der Waals surface area contributed by atoms with E-state index in [4.69, 9.17) is 4.74 Å². The van der Waals surface area contributed by atoms with Gasteiger partial charge in [-0.05, 0) is 46.0 Å². The number of esters is 1. The third kappa shape index (κ3) is 11.4. The second kappa shape index (κ2) is 8.12. The monoisotopic (exact) mass is 252 g/mol. The van der Waals surface area contributed by atoms with E-state index in [-0.39, 0.29) is 11.6 Å². The first-order chi connectivity index (χ1) is 8.20. The summed E-state index contributed by atoms with van der Waals surface area (Å²) >= 11 is 0. The summed E-state index contributed by atoms with van der Waals surface area (Å²) in [6.45, 7) is 11.5. The van der Waals surface area contributed by atoms with Crippen LogP contribution in [0.4, 0.5) is 0 Å². The molecule has 18 heavy (non-hydrogen) atoms. The van der Waals surface area contributed by atoms with E-state index in [0.717, 1.165) is 5.92 Å². The van der Waals surface area contributed by atoms with E-state index < -0.39 is 0 Å². The molecule has 2 nitrogen and oxygen atoms in total. The summed E-state index contributed by atoms with van der Waals surface area (Å²) in [6.07, 6.45) is 10.6. The molecule has 0 unspecified atom stereocenters. The molecule has 1 aliphatic rings. The number of rotatable bonds is 2. The molecule has 0 amide bonds. The molecule has 0 radical (unpaired) electrons. The van der Waals surface area contributed by atoms with Crippen molar-refractivity contribution < 1.29 is 9.53 Å². The van der Waals surface area contributed by atoms with Crippen LogP contribution in [0.2, 0.25) is 0 Å². The first kappa shape index (κ1) is 16.9. The van der Waals surface area contributed by atoms with Gasteiger partial charge in [-0.2, -0.15) is 0 Å². The average molecular weight is 252 g/mol. The summed E-state index contributed by atoms with van der Waals surface area (Å²) in [5, 5.41) is 0. The van der Waals surface area contributed by atoms with Crippen LogP contribution in [0, 0.1) is 5.92 Å². The summed E-state index contributed by atoms with van der Waals surface area (Å²) in [5.74, 6) is 0.575. The fraction of sp³-hybridized carbons (Fsp3) is 0.688. The van der Waals surface area contributed by atoms with Crippen LogP contribution in [0.15, 0.2) is 23.8 Å². The molecule has 0 heterocycles. The third-order valence-corrected chi connectivity index (χ3v) is 2.17. The predicted octanol–water partition coefficient (Wildman–Crippen LogP) is 4.66. The van der Waals surface area contributed by atoms with E-state index in [1.54, 1.807) is 0 Å². The molecule has 104 valence electrons. The van der Waals surface area contributed by atoms with E-state index in [2.05, 4.69) is 32.1 Å². The molecule has 2 heteroatoms. The molecule has 0 N–H and O–H groups in total.